The number of nitrogens with zero attached hydrogens (tertiary/aromatic N) is 3. The van der Waals surface area contributed by atoms with Gasteiger partial charge >= 0.3 is 5.69 Å². The summed E-state index contributed by atoms with van der Waals surface area (Å²) in [6.07, 6.45) is -3.36. The highest BCUT2D eigenvalue weighted by molar-refractivity contribution is 5.26. The van der Waals surface area contributed by atoms with Gasteiger partial charge in [0.15, 0.2) is 11.8 Å². The number of nitrogens with two attached hydrogens (primary N) is 2. The fourth-order valence-corrected chi connectivity index (χ4v) is 2.27. The van der Waals surface area contributed by atoms with Crippen LogP contribution in [0.4, 0.5) is 5.82 Å². The molecule has 1 aliphatic heterocycles. The Balaban J connectivity index is 2.54. The van der Waals surface area contributed by atoms with Crippen molar-refractivity contribution in [1.82, 2.24) is 14.8 Å². The van der Waals surface area contributed by atoms with E-state index < -0.39 is 35.8 Å². The Morgan fingerprint density at radius 1 is 1.62 bits per heavy atom. The van der Waals surface area contributed by atoms with Crippen LogP contribution in [0.5, 0.6) is 0 Å². The molecule has 5 atom stereocenters. The Morgan fingerprint density at radius 3 is 2.81 bits per heavy atom. The van der Waals surface area contributed by atoms with Gasteiger partial charge in [0, 0.05) is 0 Å². The van der Waals surface area contributed by atoms with Crippen molar-refractivity contribution in [3.8, 4) is 11.8 Å². The van der Waals surface area contributed by atoms with Crippen LogP contribution >= 0.6 is 0 Å². The minimum atomic E-state index is -1.61. The van der Waals surface area contributed by atoms with E-state index in [0.717, 1.165) is 10.9 Å². The highest BCUT2D eigenvalue weighted by atomic mass is 16.6. The van der Waals surface area contributed by atoms with Crippen LogP contribution in [0.1, 0.15) is 20.1 Å². The van der Waals surface area contributed by atoms with Gasteiger partial charge < -0.3 is 26.4 Å². The lowest BCUT2D eigenvalue weighted by Crippen LogP contribution is -2.55. The lowest BCUT2D eigenvalue weighted by atomic mass is 9.90. The predicted molar refractivity (Wildman–Crippen MR) is 72.7 cm³/mol. The van der Waals surface area contributed by atoms with Crippen molar-refractivity contribution in [3.05, 3.63) is 16.7 Å². The first-order valence-electron chi connectivity index (χ1n) is 6.27. The molecule has 114 valence electrons. The third-order valence-electron chi connectivity index (χ3n) is 3.27. The van der Waals surface area contributed by atoms with Gasteiger partial charge in [0.05, 0.1) is 12.3 Å². The highest BCUT2D eigenvalue weighted by Gasteiger charge is 2.56. The topological polar surface area (TPSA) is 150 Å². The molecule has 6 N–H and O–H groups in total. The summed E-state index contributed by atoms with van der Waals surface area (Å²) in [5.74, 6) is 5.16. The zero-order valence-electron chi connectivity index (χ0n) is 11.6. The van der Waals surface area contributed by atoms with Gasteiger partial charge in [0.2, 0.25) is 0 Å². The molecule has 2 rings (SSSR count). The van der Waals surface area contributed by atoms with Crippen molar-refractivity contribution in [2.24, 2.45) is 5.73 Å². The van der Waals surface area contributed by atoms with E-state index in [-0.39, 0.29) is 5.82 Å². The SMILES string of the molecule is CC#C[C@@]1(N)C(O)[C@@H]([C@H](C)O)O[C@H]1n1ncc(N)nc1=O. The first kappa shape index (κ1) is 15.4. The van der Waals surface area contributed by atoms with Gasteiger partial charge in [-0.25, -0.2) is 4.79 Å². The van der Waals surface area contributed by atoms with Crippen molar-refractivity contribution in [1.29, 1.82) is 0 Å². The highest BCUT2D eigenvalue weighted by Crippen LogP contribution is 2.36. The smallest absolute Gasteiger partial charge is 0.368 e. The number of rotatable bonds is 2. The van der Waals surface area contributed by atoms with Gasteiger partial charge in [-0.15, -0.1) is 5.92 Å². The Bertz CT molecular complexity index is 649. The third kappa shape index (κ3) is 2.50. The molecule has 1 fully saturated rings. The van der Waals surface area contributed by atoms with E-state index in [1.54, 1.807) is 0 Å². The molecule has 9 nitrogen and oxygen atoms in total. The predicted octanol–water partition coefficient (Wildman–Crippen LogP) is -2.42. The quantitative estimate of drug-likeness (QED) is 0.440. The number of ether oxygens (including phenoxy) is 1. The minimum Gasteiger partial charge on any atom is -0.391 e. The molecular formula is C12H17N5O4. The van der Waals surface area contributed by atoms with E-state index in [2.05, 4.69) is 21.9 Å². The lowest BCUT2D eigenvalue weighted by molar-refractivity contribution is -0.0816. The molecule has 9 heteroatoms. The fourth-order valence-electron chi connectivity index (χ4n) is 2.27. The maximum Gasteiger partial charge on any atom is 0.368 e. The molecule has 1 aromatic heterocycles. The monoisotopic (exact) mass is 295 g/mol. The van der Waals surface area contributed by atoms with Crippen molar-refractivity contribution in [3.63, 3.8) is 0 Å². The molecular weight excluding hydrogens is 278 g/mol. The average molecular weight is 295 g/mol. The molecule has 0 radical (unpaired) electrons. The van der Waals surface area contributed by atoms with Crippen LogP contribution in [-0.4, -0.2) is 48.8 Å². The van der Waals surface area contributed by atoms with E-state index in [1.807, 2.05) is 0 Å². The second kappa shape index (κ2) is 5.42. The Kier molecular flexibility index (Phi) is 3.97. The van der Waals surface area contributed by atoms with Crippen LogP contribution in [0.25, 0.3) is 0 Å². The molecule has 1 aromatic rings. The standard InChI is InChI=1S/C12H17N5O4/c1-3-4-12(14)9(19)8(6(2)18)21-10(12)17-11(20)16-7(13)5-15-17/h5-6,8-10,18-19H,14H2,1-2H3,(H2,13,16,20)/t6-,8+,9?,10+,12+/m0/s1. The summed E-state index contributed by atoms with van der Waals surface area (Å²) in [6, 6.07) is 0. The minimum absolute atomic E-state index is 0.0499. The fraction of sp³-hybridized carbons (Fsp3) is 0.583. The van der Waals surface area contributed by atoms with Crippen LogP contribution in [0.15, 0.2) is 11.0 Å². The summed E-state index contributed by atoms with van der Waals surface area (Å²) in [6.45, 7) is 2.97. The van der Waals surface area contributed by atoms with E-state index in [1.165, 1.54) is 13.8 Å². The summed E-state index contributed by atoms with van der Waals surface area (Å²) in [4.78, 5) is 15.4. The first-order valence-corrected chi connectivity index (χ1v) is 6.27. The summed E-state index contributed by atoms with van der Waals surface area (Å²) in [5.41, 5.74) is 9.09. The third-order valence-corrected chi connectivity index (χ3v) is 3.27. The van der Waals surface area contributed by atoms with E-state index in [4.69, 9.17) is 16.2 Å². The maximum atomic E-state index is 11.9. The first-order chi connectivity index (χ1) is 9.81. The lowest BCUT2D eigenvalue weighted by Gasteiger charge is -2.27. The van der Waals surface area contributed by atoms with Gasteiger partial charge in [-0.2, -0.15) is 14.8 Å². The number of anilines is 1. The van der Waals surface area contributed by atoms with Crippen molar-refractivity contribution >= 4 is 5.82 Å². The van der Waals surface area contributed by atoms with Crippen LogP contribution in [0.2, 0.25) is 0 Å². The zero-order chi connectivity index (χ0) is 15.8. The maximum absolute atomic E-state index is 11.9. The van der Waals surface area contributed by atoms with Crippen LogP contribution in [0, 0.1) is 11.8 Å². The average Bonchev–Trinajstić information content (AvgIpc) is 2.64. The molecule has 21 heavy (non-hydrogen) atoms. The zero-order valence-corrected chi connectivity index (χ0v) is 11.6. The number of aromatic nitrogens is 3. The van der Waals surface area contributed by atoms with E-state index in [9.17, 15) is 15.0 Å². The summed E-state index contributed by atoms with van der Waals surface area (Å²) < 4.78 is 6.36. The molecule has 0 aliphatic carbocycles. The molecule has 0 aromatic carbocycles. The number of aliphatic hydroxyl groups is 2. The second-order valence-electron chi connectivity index (χ2n) is 4.85. The number of aliphatic hydroxyl groups excluding tert-OH is 2. The Hall–Kier alpha value is -1.99. The van der Waals surface area contributed by atoms with Crippen LogP contribution < -0.4 is 17.2 Å². The van der Waals surface area contributed by atoms with E-state index in [0.29, 0.717) is 0 Å². The summed E-state index contributed by atoms with van der Waals surface area (Å²) >= 11 is 0. The van der Waals surface area contributed by atoms with Crippen molar-refractivity contribution in [2.45, 2.75) is 43.9 Å². The second-order valence-corrected chi connectivity index (χ2v) is 4.85. The Labute approximate surface area is 120 Å². The molecule has 2 heterocycles. The number of hydrogen-bond donors (Lipinski definition) is 4. The molecule has 1 unspecified atom stereocenters. The van der Waals surface area contributed by atoms with Gasteiger partial charge in [0.25, 0.3) is 0 Å². The van der Waals surface area contributed by atoms with E-state index >= 15 is 0 Å². The van der Waals surface area contributed by atoms with Crippen molar-refractivity contribution in [2.75, 3.05) is 5.73 Å². The van der Waals surface area contributed by atoms with Gasteiger partial charge in [-0.3, -0.25) is 0 Å². The molecule has 0 spiro atoms. The molecule has 0 amide bonds. The van der Waals surface area contributed by atoms with Crippen LogP contribution in [-0.2, 0) is 4.74 Å². The van der Waals surface area contributed by atoms with Gasteiger partial charge in [-0.05, 0) is 13.8 Å². The normalized spacial score (nSPS) is 33.3. The number of nitrogen functional groups attached to an aromatic ring is 1. The molecule has 1 aliphatic rings. The molecule has 1 saturated heterocycles. The van der Waals surface area contributed by atoms with Gasteiger partial charge in [-0.1, -0.05) is 5.92 Å². The Morgan fingerprint density at radius 2 is 2.29 bits per heavy atom. The molecule has 0 saturated carbocycles. The van der Waals surface area contributed by atoms with Gasteiger partial charge in [0.1, 0.15) is 18.0 Å². The summed E-state index contributed by atoms with van der Waals surface area (Å²) in [5, 5.41) is 23.8. The van der Waals surface area contributed by atoms with Crippen molar-refractivity contribution < 1.29 is 14.9 Å². The summed E-state index contributed by atoms with van der Waals surface area (Å²) in [7, 11) is 0. The number of hydrogen-bond acceptors (Lipinski definition) is 8. The van der Waals surface area contributed by atoms with Crippen LogP contribution in [0.3, 0.4) is 0 Å². The largest absolute Gasteiger partial charge is 0.391 e. The molecule has 0 bridgehead atoms.